The van der Waals surface area contributed by atoms with Gasteiger partial charge in [0.25, 0.3) is 0 Å². The number of piperidine rings is 1. The Hall–Kier alpha value is -2.05. The summed E-state index contributed by atoms with van der Waals surface area (Å²) in [5, 5.41) is 12.4. The lowest BCUT2D eigenvalue weighted by Crippen LogP contribution is -2.58. The van der Waals surface area contributed by atoms with Crippen LogP contribution in [0.15, 0.2) is 11.1 Å². The van der Waals surface area contributed by atoms with E-state index in [1.165, 1.54) is 4.90 Å². The van der Waals surface area contributed by atoms with Gasteiger partial charge in [-0.1, -0.05) is 31.9 Å². The summed E-state index contributed by atoms with van der Waals surface area (Å²) in [5.41, 5.74) is 0.997. The van der Waals surface area contributed by atoms with Gasteiger partial charge in [0.2, 0.25) is 5.91 Å². The second-order valence-electron chi connectivity index (χ2n) is 9.81. The van der Waals surface area contributed by atoms with E-state index in [4.69, 9.17) is 4.74 Å². The second kappa shape index (κ2) is 6.84. The molecule has 27 heavy (non-hydrogen) atoms. The number of amides is 2. The zero-order chi connectivity index (χ0) is 20.9. The third kappa shape index (κ3) is 4.45. The number of nitrogens with zero attached hydrogens (tertiary/aromatic N) is 1. The summed E-state index contributed by atoms with van der Waals surface area (Å²) in [5.74, 6) is -1.38. The van der Waals surface area contributed by atoms with Crippen LogP contribution in [0.5, 0.6) is 0 Å². The van der Waals surface area contributed by atoms with E-state index in [-0.39, 0.29) is 17.7 Å². The number of nitrogens with one attached hydrogen (secondary N) is 1. The topological polar surface area (TPSA) is 95.9 Å². The lowest BCUT2D eigenvalue weighted by molar-refractivity contribution is -0.151. The van der Waals surface area contributed by atoms with Crippen LogP contribution < -0.4 is 5.32 Å². The van der Waals surface area contributed by atoms with Crippen molar-refractivity contribution in [3.8, 4) is 0 Å². The first kappa shape index (κ1) is 21.3. The summed E-state index contributed by atoms with van der Waals surface area (Å²) in [7, 11) is 0. The van der Waals surface area contributed by atoms with Crippen molar-refractivity contribution < 1.29 is 24.2 Å². The number of carboxylic acids is 1. The molecular formula is C20H32N2O5. The van der Waals surface area contributed by atoms with E-state index in [0.29, 0.717) is 6.54 Å². The SMILES string of the molecule is CC(C)=C1C2CN(C(=O)[C@@H](NC(=O)OC(C)(C)C)C(C)(C)C)[C@H](C(=O)O)[C@@H]12. The van der Waals surface area contributed by atoms with Crippen LogP contribution in [0, 0.1) is 17.3 Å². The summed E-state index contributed by atoms with van der Waals surface area (Å²) in [6, 6.07) is -1.75. The quantitative estimate of drug-likeness (QED) is 0.734. The van der Waals surface area contributed by atoms with Gasteiger partial charge in [-0.25, -0.2) is 9.59 Å². The Morgan fingerprint density at radius 1 is 1.15 bits per heavy atom. The number of rotatable bonds is 3. The number of carbonyl (C=O) groups excluding carboxylic acids is 2. The van der Waals surface area contributed by atoms with Crippen molar-refractivity contribution in [2.24, 2.45) is 17.3 Å². The van der Waals surface area contributed by atoms with E-state index in [1.54, 1.807) is 20.8 Å². The van der Waals surface area contributed by atoms with Crippen molar-refractivity contribution in [3.05, 3.63) is 11.1 Å². The minimum Gasteiger partial charge on any atom is -0.480 e. The summed E-state index contributed by atoms with van der Waals surface area (Å²) in [6.07, 6.45) is -0.683. The summed E-state index contributed by atoms with van der Waals surface area (Å²) in [6.45, 7) is 15.1. The Morgan fingerprint density at radius 3 is 2.11 bits per heavy atom. The summed E-state index contributed by atoms with van der Waals surface area (Å²) >= 11 is 0. The van der Waals surface area contributed by atoms with Crippen LogP contribution in [-0.2, 0) is 14.3 Å². The molecule has 7 nitrogen and oxygen atoms in total. The minimum absolute atomic E-state index is 0.112. The highest BCUT2D eigenvalue weighted by Crippen LogP contribution is 2.56. The molecule has 2 amide bonds. The first-order valence-electron chi connectivity index (χ1n) is 9.35. The molecule has 7 heteroatoms. The molecule has 0 spiro atoms. The molecule has 2 rings (SSSR count). The Labute approximate surface area is 161 Å². The Balaban J connectivity index is 2.22. The van der Waals surface area contributed by atoms with Crippen molar-refractivity contribution in [1.29, 1.82) is 0 Å². The maximum Gasteiger partial charge on any atom is 0.408 e. The highest BCUT2D eigenvalue weighted by Gasteiger charge is 2.62. The van der Waals surface area contributed by atoms with Crippen LogP contribution in [0.3, 0.4) is 0 Å². The molecule has 1 aliphatic heterocycles. The molecule has 0 bridgehead atoms. The number of carbonyl (C=O) groups is 3. The molecule has 1 aliphatic carbocycles. The van der Waals surface area contributed by atoms with E-state index in [9.17, 15) is 19.5 Å². The Kier molecular flexibility index (Phi) is 5.38. The molecule has 2 N–H and O–H groups in total. The van der Waals surface area contributed by atoms with Crippen molar-refractivity contribution in [2.45, 2.75) is 73.1 Å². The molecule has 2 aliphatic rings. The third-order valence-electron chi connectivity index (χ3n) is 5.04. The number of ether oxygens (including phenoxy) is 1. The van der Waals surface area contributed by atoms with Crippen LogP contribution in [0.1, 0.15) is 55.4 Å². The van der Waals surface area contributed by atoms with Crippen LogP contribution >= 0.6 is 0 Å². The van der Waals surface area contributed by atoms with Crippen LogP contribution in [0.25, 0.3) is 0 Å². The monoisotopic (exact) mass is 380 g/mol. The van der Waals surface area contributed by atoms with Crippen LogP contribution in [0.4, 0.5) is 4.79 Å². The van der Waals surface area contributed by atoms with Crippen LogP contribution in [0.2, 0.25) is 0 Å². The normalized spacial score (nSPS) is 25.6. The fraction of sp³-hybridized carbons (Fsp3) is 0.750. The first-order valence-corrected chi connectivity index (χ1v) is 9.35. The fourth-order valence-corrected chi connectivity index (χ4v) is 3.92. The number of hydrogen-bond acceptors (Lipinski definition) is 4. The van der Waals surface area contributed by atoms with Gasteiger partial charge in [0.15, 0.2) is 0 Å². The standard InChI is InChI=1S/C20H32N2O5/c1-10(2)12-11-9-22(14(13(11)12)17(24)25)16(23)15(19(3,4)5)21-18(26)27-20(6,7)8/h11,13-15H,9H2,1-8H3,(H,21,26)(H,24,25)/t11?,13-,14+,15-/m1/s1. The molecule has 4 atom stereocenters. The van der Waals surface area contributed by atoms with Gasteiger partial charge < -0.3 is 20.1 Å². The maximum absolute atomic E-state index is 13.2. The molecular weight excluding hydrogens is 348 g/mol. The van der Waals surface area contributed by atoms with Gasteiger partial charge in [-0.15, -0.1) is 0 Å². The molecule has 0 aromatic rings. The molecule has 0 aromatic heterocycles. The average Bonchev–Trinajstić information content (AvgIpc) is 3.01. The smallest absolute Gasteiger partial charge is 0.408 e. The van der Waals surface area contributed by atoms with Gasteiger partial charge in [-0.2, -0.15) is 0 Å². The van der Waals surface area contributed by atoms with Gasteiger partial charge in [0, 0.05) is 18.4 Å². The predicted octanol–water partition coefficient (Wildman–Crippen LogP) is 2.80. The molecule has 152 valence electrons. The number of allylic oxidation sites excluding steroid dienone is 1. The molecule has 0 radical (unpaired) electrons. The zero-order valence-corrected chi connectivity index (χ0v) is 17.5. The van der Waals surface area contributed by atoms with E-state index >= 15 is 0 Å². The van der Waals surface area contributed by atoms with E-state index in [0.717, 1.165) is 11.1 Å². The minimum atomic E-state index is -1.00. The fourth-order valence-electron chi connectivity index (χ4n) is 3.92. The molecule has 1 saturated heterocycles. The van der Waals surface area contributed by atoms with E-state index < -0.39 is 35.2 Å². The molecule has 1 heterocycles. The average molecular weight is 380 g/mol. The van der Waals surface area contributed by atoms with Crippen molar-refractivity contribution in [2.75, 3.05) is 6.54 Å². The zero-order valence-electron chi connectivity index (χ0n) is 17.5. The third-order valence-corrected chi connectivity index (χ3v) is 5.04. The largest absolute Gasteiger partial charge is 0.480 e. The van der Waals surface area contributed by atoms with Gasteiger partial charge in [-0.05, 0) is 40.0 Å². The van der Waals surface area contributed by atoms with Gasteiger partial charge in [0.1, 0.15) is 17.7 Å². The van der Waals surface area contributed by atoms with Gasteiger partial charge >= 0.3 is 12.1 Å². The lowest BCUT2D eigenvalue weighted by atomic mass is 9.85. The Morgan fingerprint density at radius 2 is 1.70 bits per heavy atom. The molecule has 1 unspecified atom stereocenters. The lowest BCUT2D eigenvalue weighted by Gasteiger charge is -2.36. The van der Waals surface area contributed by atoms with Crippen LogP contribution in [-0.4, -0.2) is 52.2 Å². The number of alkyl carbamates (subject to hydrolysis) is 1. The number of carboxylic acid groups (broad SMARTS) is 1. The molecule has 2 fully saturated rings. The van der Waals surface area contributed by atoms with E-state index in [1.807, 2.05) is 34.6 Å². The van der Waals surface area contributed by atoms with Crippen molar-refractivity contribution >= 4 is 18.0 Å². The van der Waals surface area contributed by atoms with Crippen molar-refractivity contribution in [3.63, 3.8) is 0 Å². The Bertz CT molecular complexity index is 679. The number of hydrogen-bond donors (Lipinski definition) is 2. The van der Waals surface area contributed by atoms with Crippen molar-refractivity contribution in [1.82, 2.24) is 10.2 Å². The molecule has 1 saturated carbocycles. The highest BCUT2D eigenvalue weighted by molar-refractivity contribution is 5.92. The number of aliphatic carboxylic acids is 1. The predicted molar refractivity (Wildman–Crippen MR) is 101 cm³/mol. The molecule has 0 aromatic carbocycles. The summed E-state index contributed by atoms with van der Waals surface area (Å²) < 4.78 is 5.28. The summed E-state index contributed by atoms with van der Waals surface area (Å²) in [4.78, 5) is 38.8. The van der Waals surface area contributed by atoms with E-state index in [2.05, 4.69) is 5.32 Å². The number of likely N-dealkylation sites (tertiary alicyclic amines) is 1. The van der Waals surface area contributed by atoms with Gasteiger partial charge in [-0.3, -0.25) is 4.79 Å². The number of fused-ring (bicyclic) bond motifs is 1. The van der Waals surface area contributed by atoms with Gasteiger partial charge in [0.05, 0.1) is 0 Å². The highest BCUT2D eigenvalue weighted by atomic mass is 16.6. The second-order valence-corrected chi connectivity index (χ2v) is 9.81. The first-order chi connectivity index (χ1) is 12.1. The maximum atomic E-state index is 13.2.